The Bertz CT molecular complexity index is 482. The third-order valence-electron chi connectivity index (χ3n) is 3.03. The maximum Gasteiger partial charge on any atom is 0.276 e. The van der Waals surface area contributed by atoms with E-state index >= 15 is 0 Å². The molecule has 1 aliphatic heterocycles. The first-order valence-corrected chi connectivity index (χ1v) is 5.89. The van der Waals surface area contributed by atoms with Crippen molar-refractivity contribution in [2.24, 2.45) is 0 Å². The van der Waals surface area contributed by atoms with Crippen LogP contribution in [0.15, 0.2) is 28.9 Å². The van der Waals surface area contributed by atoms with E-state index in [9.17, 15) is 0 Å². The number of nitrogens with zero attached hydrogens (tertiary/aromatic N) is 3. The van der Waals surface area contributed by atoms with Gasteiger partial charge in [-0.15, -0.1) is 12.4 Å². The Kier molecular flexibility index (Phi) is 4.28. The molecular weight excluding hydrogens is 252 g/mol. The minimum Gasteiger partial charge on any atom is -0.332 e. The molecule has 3 heterocycles. The smallest absolute Gasteiger partial charge is 0.276 e. The first-order valence-electron chi connectivity index (χ1n) is 5.89. The summed E-state index contributed by atoms with van der Waals surface area (Å²) in [5.41, 5.74) is 0.736. The van der Waals surface area contributed by atoms with Crippen LogP contribution in [-0.2, 0) is 0 Å². The van der Waals surface area contributed by atoms with Crippen LogP contribution in [0, 0.1) is 0 Å². The van der Waals surface area contributed by atoms with E-state index in [1.165, 1.54) is 0 Å². The Hall–Kier alpha value is -1.46. The maximum atomic E-state index is 5.26. The number of rotatable bonds is 2. The summed E-state index contributed by atoms with van der Waals surface area (Å²) < 4.78 is 5.26. The Labute approximate surface area is 111 Å². The summed E-state index contributed by atoms with van der Waals surface area (Å²) in [6, 6.07) is 5.66. The highest BCUT2D eigenvalue weighted by Gasteiger charge is 2.21. The molecule has 1 fully saturated rings. The van der Waals surface area contributed by atoms with E-state index in [0.29, 0.717) is 11.8 Å². The second kappa shape index (κ2) is 5.93. The highest BCUT2D eigenvalue weighted by Crippen LogP contribution is 2.24. The average Bonchev–Trinajstić information content (AvgIpc) is 2.90. The summed E-state index contributed by atoms with van der Waals surface area (Å²) in [6.07, 6.45) is 3.87. The van der Waals surface area contributed by atoms with Crippen molar-refractivity contribution in [3.8, 4) is 11.6 Å². The minimum atomic E-state index is 0. The van der Waals surface area contributed by atoms with E-state index in [1.807, 2.05) is 18.2 Å². The first-order chi connectivity index (χ1) is 8.43. The third-order valence-corrected chi connectivity index (χ3v) is 3.03. The zero-order valence-corrected chi connectivity index (χ0v) is 10.7. The fourth-order valence-electron chi connectivity index (χ4n) is 2.07. The SMILES string of the molecule is Cl.c1ccc(-c2nc(C3CCNCC3)no2)nc1. The molecule has 3 rings (SSSR count). The lowest BCUT2D eigenvalue weighted by molar-refractivity contribution is 0.391. The fourth-order valence-corrected chi connectivity index (χ4v) is 2.07. The zero-order valence-electron chi connectivity index (χ0n) is 9.87. The number of pyridine rings is 1. The molecule has 0 aromatic carbocycles. The van der Waals surface area contributed by atoms with Gasteiger partial charge in [0, 0.05) is 12.1 Å². The van der Waals surface area contributed by atoms with Crippen LogP contribution in [-0.4, -0.2) is 28.2 Å². The third kappa shape index (κ3) is 2.68. The van der Waals surface area contributed by atoms with Crippen molar-refractivity contribution in [2.45, 2.75) is 18.8 Å². The Morgan fingerprint density at radius 1 is 1.22 bits per heavy atom. The number of aromatic nitrogens is 3. The van der Waals surface area contributed by atoms with Gasteiger partial charge >= 0.3 is 0 Å². The van der Waals surface area contributed by atoms with Gasteiger partial charge in [-0.05, 0) is 38.1 Å². The first kappa shape index (κ1) is 13.0. The lowest BCUT2D eigenvalue weighted by atomic mass is 9.98. The van der Waals surface area contributed by atoms with Crippen LogP contribution in [0.3, 0.4) is 0 Å². The summed E-state index contributed by atoms with van der Waals surface area (Å²) in [5, 5.41) is 7.39. The van der Waals surface area contributed by atoms with Crippen molar-refractivity contribution in [1.82, 2.24) is 20.4 Å². The normalized spacial score (nSPS) is 16.2. The van der Waals surface area contributed by atoms with Gasteiger partial charge in [0.25, 0.3) is 5.89 Å². The molecule has 0 unspecified atom stereocenters. The monoisotopic (exact) mass is 266 g/mol. The van der Waals surface area contributed by atoms with Gasteiger partial charge in [0.15, 0.2) is 5.82 Å². The molecule has 18 heavy (non-hydrogen) atoms. The number of hydrogen-bond acceptors (Lipinski definition) is 5. The van der Waals surface area contributed by atoms with Crippen molar-refractivity contribution in [1.29, 1.82) is 0 Å². The Morgan fingerprint density at radius 3 is 2.78 bits per heavy atom. The van der Waals surface area contributed by atoms with E-state index in [1.54, 1.807) is 6.20 Å². The van der Waals surface area contributed by atoms with E-state index in [2.05, 4.69) is 20.4 Å². The van der Waals surface area contributed by atoms with E-state index < -0.39 is 0 Å². The van der Waals surface area contributed by atoms with Crippen molar-refractivity contribution in [3.05, 3.63) is 30.2 Å². The molecule has 0 amide bonds. The molecule has 0 bridgehead atoms. The van der Waals surface area contributed by atoms with Crippen molar-refractivity contribution >= 4 is 12.4 Å². The molecule has 0 radical (unpaired) electrons. The lowest BCUT2D eigenvalue weighted by Gasteiger charge is -2.18. The summed E-state index contributed by atoms with van der Waals surface area (Å²) >= 11 is 0. The van der Waals surface area contributed by atoms with Gasteiger partial charge in [-0.3, -0.25) is 4.98 Å². The van der Waals surface area contributed by atoms with E-state index in [-0.39, 0.29) is 12.4 Å². The fraction of sp³-hybridized carbons (Fsp3) is 0.417. The van der Waals surface area contributed by atoms with E-state index in [4.69, 9.17) is 4.52 Å². The molecule has 2 aromatic rings. The summed E-state index contributed by atoms with van der Waals surface area (Å²) in [4.78, 5) is 8.63. The lowest BCUT2D eigenvalue weighted by Crippen LogP contribution is -2.27. The van der Waals surface area contributed by atoms with Crippen LogP contribution in [0.1, 0.15) is 24.6 Å². The van der Waals surface area contributed by atoms with Crippen molar-refractivity contribution < 1.29 is 4.52 Å². The molecule has 0 aliphatic carbocycles. The molecule has 2 aromatic heterocycles. The van der Waals surface area contributed by atoms with Gasteiger partial charge in [0.05, 0.1) is 0 Å². The number of halogens is 1. The number of nitrogens with one attached hydrogen (secondary N) is 1. The van der Waals surface area contributed by atoms with Crippen LogP contribution in [0.25, 0.3) is 11.6 Å². The van der Waals surface area contributed by atoms with Gasteiger partial charge < -0.3 is 9.84 Å². The molecule has 5 nitrogen and oxygen atoms in total. The van der Waals surface area contributed by atoms with Crippen LogP contribution < -0.4 is 5.32 Å². The second-order valence-corrected chi connectivity index (χ2v) is 4.20. The van der Waals surface area contributed by atoms with Crippen molar-refractivity contribution in [3.63, 3.8) is 0 Å². The quantitative estimate of drug-likeness (QED) is 0.901. The molecule has 1 aliphatic rings. The summed E-state index contributed by atoms with van der Waals surface area (Å²) in [7, 11) is 0. The van der Waals surface area contributed by atoms with Crippen LogP contribution in [0.5, 0.6) is 0 Å². The predicted octanol–water partition coefficient (Wildman–Crippen LogP) is 2.02. The second-order valence-electron chi connectivity index (χ2n) is 4.20. The number of piperidine rings is 1. The number of hydrogen-bond donors (Lipinski definition) is 1. The summed E-state index contributed by atoms with van der Waals surface area (Å²) in [6.45, 7) is 2.05. The Morgan fingerprint density at radius 2 is 2.06 bits per heavy atom. The molecule has 1 saturated heterocycles. The topological polar surface area (TPSA) is 63.8 Å². The standard InChI is InChI=1S/C12H14N4O.ClH/c1-2-6-14-10(3-1)12-15-11(16-17-12)9-4-7-13-8-5-9;/h1-3,6,9,13H,4-5,7-8H2;1H. The summed E-state index contributed by atoms with van der Waals surface area (Å²) in [5.74, 6) is 1.74. The predicted molar refractivity (Wildman–Crippen MR) is 69.6 cm³/mol. The highest BCUT2D eigenvalue weighted by atomic mass is 35.5. The molecule has 1 N–H and O–H groups in total. The highest BCUT2D eigenvalue weighted by molar-refractivity contribution is 5.85. The van der Waals surface area contributed by atoms with Gasteiger partial charge in [0.1, 0.15) is 5.69 Å². The van der Waals surface area contributed by atoms with Crippen LogP contribution in [0.4, 0.5) is 0 Å². The zero-order chi connectivity index (χ0) is 11.5. The van der Waals surface area contributed by atoms with Crippen LogP contribution >= 0.6 is 12.4 Å². The molecular formula is C12H15ClN4O. The van der Waals surface area contributed by atoms with Gasteiger partial charge in [-0.1, -0.05) is 11.2 Å². The minimum absolute atomic E-state index is 0. The average molecular weight is 267 g/mol. The maximum absolute atomic E-state index is 5.26. The largest absolute Gasteiger partial charge is 0.332 e. The van der Waals surface area contributed by atoms with Crippen molar-refractivity contribution in [2.75, 3.05) is 13.1 Å². The van der Waals surface area contributed by atoms with Gasteiger partial charge in [-0.25, -0.2) is 0 Å². The molecule has 6 heteroatoms. The van der Waals surface area contributed by atoms with Crippen LogP contribution in [0.2, 0.25) is 0 Å². The van der Waals surface area contributed by atoms with E-state index in [0.717, 1.165) is 37.4 Å². The van der Waals surface area contributed by atoms with Gasteiger partial charge in [0.2, 0.25) is 0 Å². The molecule has 0 atom stereocenters. The molecule has 0 spiro atoms. The Balaban J connectivity index is 0.00000120. The van der Waals surface area contributed by atoms with Gasteiger partial charge in [-0.2, -0.15) is 4.98 Å². The molecule has 96 valence electrons. The molecule has 0 saturated carbocycles.